The van der Waals surface area contributed by atoms with Crippen molar-refractivity contribution in [2.24, 2.45) is 16.5 Å². The zero-order chi connectivity index (χ0) is 9.14. The van der Waals surface area contributed by atoms with Crippen LogP contribution in [0, 0.1) is 6.92 Å². The van der Waals surface area contributed by atoms with Gasteiger partial charge in [-0.2, -0.15) is 0 Å². The van der Waals surface area contributed by atoms with Crippen LogP contribution in [0.1, 0.15) is 5.56 Å². The molecular formula is C8H10BrN3. The lowest BCUT2D eigenvalue weighted by Crippen LogP contribution is -2.21. The average Bonchev–Trinajstić information content (AvgIpc) is 1.81. The van der Waals surface area contributed by atoms with E-state index in [0.29, 0.717) is 0 Å². The third-order valence-electron chi connectivity index (χ3n) is 1.29. The third kappa shape index (κ3) is 2.54. The van der Waals surface area contributed by atoms with Gasteiger partial charge in [-0.05, 0) is 30.7 Å². The molecular weight excluding hydrogens is 218 g/mol. The molecule has 0 aliphatic rings. The standard InChI is InChI=1S/C8H10BrN3/c1-5-2-6(9)4-7(3-5)12-8(10)11/h2-4H,1H3,(H4,10,11,12). The molecule has 12 heavy (non-hydrogen) atoms. The summed E-state index contributed by atoms with van der Waals surface area (Å²) in [4.78, 5) is 3.92. The van der Waals surface area contributed by atoms with Crippen LogP contribution in [-0.4, -0.2) is 5.96 Å². The first-order chi connectivity index (χ1) is 5.58. The van der Waals surface area contributed by atoms with Gasteiger partial charge in [0.25, 0.3) is 0 Å². The highest BCUT2D eigenvalue weighted by Crippen LogP contribution is 2.20. The predicted molar refractivity (Wildman–Crippen MR) is 54.3 cm³/mol. The number of nitrogens with zero attached hydrogens (tertiary/aromatic N) is 1. The fourth-order valence-electron chi connectivity index (χ4n) is 0.931. The van der Waals surface area contributed by atoms with Crippen molar-refractivity contribution in [3.05, 3.63) is 28.2 Å². The highest BCUT2D eigenvalue weighted by Gasteiger charge is 1.94. The van der Waals surface area contributed by atoms with Crippen LogP contribution in [-0.2, 0) is 0 Å². The van der Waals surface area contributed by atoms with E-state index >= 15 is 0 Å². The molecule has 0 amide bonds. The minimum absolute atomic E-state index is 0.0764. The lowest BCUT2D eigenvalue weighted by molar-refractivity contribution is 1.37. The van der Waals surface area contributed by atoms with E-state index in [1.165, 1.54) is 0 Å². The largest absolute Gasteiger partial charge is 0.370 e. The molecule has 0 unspecified atom stereocenters. The highest BCUT2D eigenvalue weighted by molar-refractivity contribution is 9.10. The van der Waals surface area contributed by atoms with E-state index in [1.807, 2.05) is 25.1 Å². The number of aryl methyl sites for hydroxylation is 1. The van der Waals surface area contributed by atoms with Crippen molar-refractivity contribution < 1.29 is 0 Å². The van der Waals surface area contributed by atoms with Gasteiger partial charge in [0.2, 0.25) is 0 Å². The van der Waals surface area contributed by atoms with E-state index in [4.69, 9.17) is 11.5 Å². The summed E-state index contributed by atoms with van der Waals surface area (Å²) in [6.07, 6.45) is 0. The Balaban J connectivity index is 3.09. The first-order valence-electron chi connectivity index (χ1n) is 3.45. The summed E-state index contributed by atoms with van der Waals surface area (Å²) in [5.41, 5.74) is 12.4. The van der Waals surface area contributed by atoms with Crippen LogP contribution in [0.3, 0.4) is 0 Å². The van der Waals surface area contributed by atoms with Gasteiger partial charge in [-0.3, -0.25) is 0 Å². The number of aliphatic imine (C=N–C) groups is 1. The Morgan fingerprint density at radius 3 is 2.50 bits per heavy atom. The van der Waals surface area contributed by atoms with Crippen LogP contribution < -0.4 is 11.5 Å². The number of nitrogens with two attached hydrogens (primary N) is 2. The zero-order valence-corrected chi connectivity index (χ0v) is 8.30. The molecule has 64 valence electrons. The van der Waals surface area contributed by atoms with E-state index in [2.05, 4.69) is 20.9 Å². The van der Waals surface area contributed by atoms with Crippen molar-refractivity contribution in [2.45, 2.75) is 6.92 Å². The Labute approximate surface area is 79.6 Å². The number of guanidine groups is 1. The van der Waals surface area contributed by atoms with Crippen LogP contribution in [0.25, 0.3) is 0 Å². The number of rotatable bonds is 1. The molecule has 0 atom stereocenters. The fraction of sp³-hybridized carbons (Fsp3) is 0.125. The third-order valence-corrected chi connectivity index (χ3v) is 1.74. The smallest absolute Gasteiger partial charge is 0.191 e. The second-order valence-corrected chi connectivity index (χ2v) is 3.44. The Morgan fingerprint density at radius 2 is 2.00 bits per heavy atom. The molecule has 3 nitrogen and oxygen atoms in total. The van der Waals surface area contributed by atoms with Crippen molar-refractivity contribution in [2.75, 3.05) is 0 Å². The van der Waals surface area contributed by atoms with Gasteiger partial charge in [0, 0.05) is 4.47 Å². The first kappa shape index (κ1) is 9.06. The molecule has 0 bridgehead atoms. The van der Waals surface area contributed by atoms with Crippen molar-refractivity contribution in [3.8, 4) is 0 Å². The van der Waals surface area contributed by atoms with E-state index in [9.17, 15) is 0 Å². The van der Waals surface area contributed by atoms with Crippen LogP contribution in [0.4, 0.5) is 5.69 Å². The quantitative estimate of drug-likeness (QED) is 0.567. The summed E-state index contributed by atoms with van der Waals surface area (Å²) in [6.45, 7) is 1.98. The minimum Gasteiger partial charge on any atom is -0.370 e. The molecule has 0 spiro atoms. The second-order valence-electron chi connectivity index (χ2n) is 2.52. The summed E-state index contributed by atoms with van der Waals surface area (Å²) >= 11 is 3.35. The van der Waals surface area contributed by atoms with Crippen molar-refractivity contribution in [1.29, 1.82) is 0 Å². The normalized spacial score (nSPS) is 9.50. The predicted octanol–water partition coefficient (Wildman–Crippen LogP) is 1.66. The second kappa shape index (κ2) is 3.58. The molecule has 0 aliphatic heterocycles. The van der Waals surface area contributed by atoms with Crippen molar-refractivity contribution in [3.63, 3.8) is 0 Å². The van der Waals surface area contributed by atoms with E-state index in [1.54, 1.807) is 0 Å². The molecule has 1 aromatic rings. The lowest BCUT2D eigenvalue weighted by Gasteiger charge is -1.98. The van der Waals surface area contributed by atoms with Gasteiger partial charge < -0.3 is 11.5 Å². The topological polar surface area (TPSA) is 64.4 Å². The molecule has 0 aromatic heterocycles. The Bertz CT molecular complexity index is 296. The molecule has 0 aliphatic carbocycles. The van der Waals surface area contributed by atoms with Crippen LogP contribution >= 0.6 is 15.9 Å². The maximum atomic E-state index is 5.24. The summed E-state index contributed by atoms with van der Waals surface area (Å²) in [6, 6.07) is 5.75. The highest BCUT2D eigenvalue weighted by atomic mass is 79.9. The Morgan fingerprint density at radius 1 is 1.33 bits per heavy atom. The van der Waals surface area contributed by atoms with Gasteiger partial charge in [-0.25, -0.2) is 4.99 Å². The molecule has 0 saturated heterocycles. The van der Waals surface area contributed by atoms with Gasteiger partial charge in [0.15, 0.2) is 5.96 Å². The maximum Gasteiger partial charge on any atom is 0.191 e. The van der Waals surface area contributed by atoms with E-state index in [-0.39, 0.29) is 5.96 Å². The fourth-order valence-corrected chi connectivity index (χ4v) is 1.53. The maximum absolute atomic E-state index is 5.24. The molecule has 4 N–H and O–H groups in total. The van der Waals surface area contributed by atoms with Gasteiger partial charge in [0.1, 0.15) is 0 Å². The zero-order valence-electron chi connectivity index (χ0n) is 6.71. The lowest BCUT2D eigenvalue weighted by atomic mass is 10.2. The number of benzene rings is 1. The van der Waals surface area contributed by atoms with E-state index in [0.717, 1.165) is 15.7 Å². The molecule has 0 heterocycles. The summed E-state index contributed by atoms with van der Waals surface area (Å²) in [5, 5.41) is 0. The summed E-state index contributed by atoms with van der Waals surface area (Å²) in [5.74, 6) is 0.0764. The van der Waals surface area contributed by atoms with Crippen molar-refractivity contribution in [1.82, 2.24) is 0 Å². The molecule has 4 heteroatoms. The van der Waals surface area contributed by atoms with Gasteiger partial charge in [-0.15, -0.1) is 0 Å². The number of hydrogen-bond acceptors (Lipinski definition) is 1. The first-order valence-corrected chi connectivity index (χ1v) is 4.24. The van der Waals surface area contributed by atoms with Crippen LogP contribution in [0.2, 0.25) is 0 Å². The molecule has 0 fully saturated rings. The number of hydrogen-bond donors (Lipinski definition) is 2. The minimum atomic E-state index is 0.0764. The van der Waals surface area contributed by atoms with Gasteiger partial charge in [-0.1, -0.05) is 15.9 Å². The Kier molecular flexibility index (Phi) is 2.70. The summed E-state index contributed by atoms with van der Waals surface area (Å²) < 4.78 is 0.975. The average molecular weight is 228 g/mol. The van der Waals surface area contributed by atoms with Crippen LogP contribution in [0.5, 0.6) is 0 Å². The molecule has 1 rings (SSSR count). The number of halogens is 1. The SMILES string of the molecule is Cc1cc(Br)cc(N=C(N)N)c1. The van der Waals surface area contributed by atoms with Crippen molar-refractivity contribution >= 4 is 27.6 Å². The summed E-state index contributed by atoms with van der Waals surface area (Å²) in [7, 11) is 0. The van der Waals surface area contributed by atoms with Crippen LogP contribution in [0.15, 0.2) is 27.7 Å². The molecule has 0 radical (unpaired) electrons. The monoisotopic (exact) mass is 227 g/mol. The van der Waals surface area contributed by atoms with Gasteiger partial charge >= 0.3 is 0 Å². The Hall–Kier alpha value is -1.03. The van der Waals surface area contributed by atoms with Gasteiger partial charge in [0.05, 0.1) is 5.69 Å². The molecule has 1 aromatic carbocycles. The molecule has 0 saturated carbocycles. The van der Waals surface area contributed by atoms with E-state index < -0.39 is 0 Å².